The molecule has 0 fully saturated rings. The third-order valence-corrected chi connectivity index (χ3v) is 4.61. The van der Waals surface area contributed by atoms with E-state index in [9.17, 15) is 4.79 Å². The summed E-state index contributed by atoms with van der Waals surface area (Å²) in [6, 6.07) is 17.0. The van der Waals surface area contributed by atoms with E-state index in [4.69, 9.17) is 14.2 Å². The number of methoxy groups -OCH3 is 3. The predicted molar refractivity (Wildman–Crippen MR) is 112 cm³/mol. The second-order valence-corrected chi connectivity index (χ2v) is 6.43. The normalized spacial score (nSPS) is 11.4. The number of pyridine rings is 1. The van der Waals surface area contributed by atoms with E-state index in [2.05, 4.69) is 10.3 Å². The molecule has 1 aromatic heterocycles. The molecule has 3 rings (SSSR count). The van der Waals surface area contributed by atoms with Crippen LogP contribution in [0.15, 0.2) is 67.0 Å². The lowest BCUT2D eigenvalue weighted by molar-refractivity contribution is -0.117. The van der Waals surface area contributed by atoms with Crippen molar-refractivity contribution >= 4 is 11.6 Å². The first-order chi connectivity index (χ1) is 14.2. The maximum atomic E-state index is 13.2. The molecule has 1 heterocycles. The summed E-state index contributed by atoms with van der Waals surface area (Å²) in [5.74, 6) is 0.924. The zero-order valence-electron chi connectivity index (χ0n) is 16.7. The van der Waals surface area contributed by atoms with E-state index in [1.807, 2.05) is 42.5 Å². The van der Waals surface area contributed by atoms with Crippen molar-refractivity contribution in [2.24, 2.45) is 0 Å². The molecular weight excluding hydrogens is 368 g/mol. The molecule has 150 valence electrons. The highest BCUT2D eigenvalue weighted by Gasteiger charge is 2.23. The van der Waals surface area contributed by atoms with Crippen LogP contribution in [-0.2, 0) is 11.2 Å². The van der Waals surface area contributed by atoms with Crippen LogP contribution in [0.5, 0.6) is 17.2 Å². The predicted octanol–water partition coefficient (Wildman–Crippen LogP) is 4.07. The van der Waals surface area contributed by atoms with E-state index in [-0.39, 0.29) is 11.8 Å². The molecule has 0 aliphatic rings. The molecule has 1 amide bonds. The molecule has 0 aliphatic heterocycles. The Bertz CT molecular complexity index is 921. The molecule has 1 N–H and O–H groups in total. The van der Waals surface area contributed by atoms with E-state index in [1.165, 1.54) is 21.3 Å². The molecule has 0 saturated heterocycles. The molecule has 0 radical (unpaired) electrons. The van der Waals surface area contributed by atoms with Crippen molar-refractivity contribution in [2.75, 3.05) is 26.6 Å². The smallest absolute Gasteiger partial charge is 0.232 e. The number of aromatic nitrogens is 1. The zero-order valence-corrected chi connectivity index (χ0v) is 16.7. The summed E-state index contributed by atoms with van der Waals surface area (Å²) >= 11 is 0. The van der Waals surface area contributed by atoms with E-state index < -0.39 is 0 Å². The monoisotopic (exact) mass is 392 g/mol. The first-order valence-electron chi connectivity index (χ1n) is 9.21. The van der Waals surface area contributed by atoms with Crippen LogP contribution in [0.4, 0.5) is 5.69 Å². The van der Waals surface area contributed by atoms with E-state index in [0.29, 0.717) is 29.4 Å². The van der Waals surface area contributed by atoms with Crippen molar-refractivity contribution in [3.05, 3.63) is 78.1 Å². The number of hydrogen-bond donors (Lipinski definition) is 1. The Morgan fingerprint density at radius 1 is 0.966 bits per heavy atom. The van der Waals surface area contributed by atoms with Crippen LogP contribution in [-0.4, -0.2) is 32.2 Å². The molecule has 2 aromatic carbocycles. The van der Waals surface area contributed by atoms with E-state index in [0.717, 1.165) is 11.1 Å². The fourth-order valence-corrected chi connectivity index (χ4v) is 3.18. The number of hydrogen-bond acceptors (Lipinski definition) is 5. The van der Waals surface area contributed by atoms with Crippen LogP contribution < -0.4 is 19.5 Å². The summed E-state index contributed by atoms with van der Waals surface area (Å²) in [7, 11) is 4.62. The highest BCUT2D eigenvalue weighted by molar-refractivity contribution is 5.96. The molecule has 0 aliphatic carbocycles. The lowest BCUT2D eigenvalue weighted by Gasteiger charge is -2.19. The van der Waals surface area contributed by atoms with Gasteiger partial charge in [0, 0.05) is 30.2 Å². The number of anilines is 1. The maximum absolute atomic E-state index is 13.2. The number of ether oxygens (including phenoxy) is 3. The number of amides is 1. The Labute approximate surface area is 170 Å². The molecular formula is C23H24N2O4. The number of benzene rings is 2. The lowest BCUT2D eigenvalue weighted by atomic mass is 9.91. The van der Waals surface area contributed by atoms with Crippen molar-refractivity contribution in [1.29, 1.82) is 0 Å². The van der Waals surface area contributed by atoms with Crippen molar-refractivity contribution in [3.8, 4) is 17.2 Å². The molecule has 1 atom stereocenters. The standard InChI is InChI=1S/C23H24N2O4/c1-27-20-13-18(14-21(28-2)22(20)29-3)25-23(26)19(17-9-5-4-6-10-17)12-16-8-7-11-24-15-16/h4-11,13-15,19H,12H2,1-3H3,(H,25,26). The summed E-state index contributed by atoms with van der Waals surface area (Å²) in [6.07, 6.45) is 4.04. The molecule has 3 aromatic rings. The molecule has 0 bridgehead atoms. The lowest BCUT2D eigenvalue weighted by Crippen LogP contribution is -2.23. The quantitative estimate of drug-likeness (QED) is 0.626. The first-order valence-corrected chi connectivity index (χ1v) is 9.21. The molecule has 6 heteroatoms. The van der Waals surface area contributed by atoms with E-state index in [1.54, 1.807) is 24.5 Å². The second kappa shape index (κ2) is 9.59. The summed E-state index contributed by atoms with van der Waals surface area (Å²) in [5.41, 5.74) is 2.49. The van der Waals surface area contributed by atoms with Gasteiger partial charge in [0.1, 0.15) is 0 Å². The van der Waals surface area contributed by atoms with Gasteiger partial charge in [-0.3, -0.25) is 9.78 Å². The number of carbonyl (C=O) groups is 1. The van der Waals surface area contributed by atoms with Crippen LogP contribution in [0.1, 0.15) is 17.0 Å². The Morgan fingerprint density at radius 2 is 1.66 bits per heavy atom. The van der Waals surface area contributed by atoms with Crippen molar-refractivity contribution in [1.82, 2.24) is 4.98 Å². The summed E-state index contributed by atoms with van der Waals surface area (Å²) in [5, 5.41) is 2.99. The van der Waals surface area contributed by atoms with Gasteiger partial charge in [-0.25, -0.2) is 0 Å². The fourth-order valence-electron chi connectivity index (χ4n) is 3.18. The third-order valence-electron chi connectivity index (χ3n) is 4.61. The number of carbonyl (C=O) groups excluding carboxylic acids is 1. The highest BCUT2D eigenvalue weighted by atomic mass is 16.5. The van der Waals surface area contributed by atoms with Gasteiger partial charge in [0.15, 0.2) is 11.5 Å². The molecule has 0 spiro atoms. The van der Waals surface area contributed by atoms with Crippen molar-refractivity contribution < 1.29 is 19.0 Å². The number of rotatable bonds is 8. The molecule has 1 unspecified atom stereocenters. The second-order valence-electron chi connectivity index (χ2n) is 6.43. The maximum Gasteiger partial charge on any atom is 0.232 e. The number of nitrogens with one attached hydrogen (secondary N) is 1. The average molecular weight is 392 g/mol. The van der Waals surface area contributed by atoms with Gasteiger partial charge in [0.2, 0.25) is 11.7 Å². The summed E-state index contributed by atoms with van der Waals surface area (Å²) in [6.45, 7) is 0. The van der Waals surface area contributed by atoms with Crippen LogP contribution in [0.2, 0.25) is 0 Å². The summed E-state index contributed by atoms with van der Waals surface area (Å²) < 4.78 is 16.1. The van der Waals surface area contributed by atoms with Gasteiger partial charge in [0.25, 0.3) is 0 Å². The third kappa shape index (κ3) is 4.85. The average Bonchev–Trinajstić information content (AvgIpc) is 2.77. The van der Waals surface area contributed by atoms with Crippen LogP contribution in [0.3, 0.4) is 0 Å². The SMILES string of the molecule is COc1cc(NC(=O)C(Cc2cccnc2)c2ccccc2)cc(OC)c1OC. The van der Waals surface area contributed by atoms with Gasteiger partial charge in [-0.05, 0) is 23.6 Å². The Kier molecular flexibility index (Phi) is 6.68. The minimum absolute atomic E-state index is 0.130. The molecule has 29 heavy (non-hydrogen) atoms. The highest BCUT2D eigenvalue weighted by Crippen LogP contribution is 2.40. The minimum Gasteiger partial charge on any atom is -0.493 e. The molecule has 0 saturated carbocycles. The van der Waals surface area contributed by atoms with Crippen LogP contribution >= 0.6 is 0 Å². The molecule has 6 nitrogen and oxygen atoms in total. The zero-order chi connectivity index (χ0) is 20.6. The van der Waals surface area contributed by atoms with Gasteiger partial charge in [-0.2, -0.15) is 0 Å². The summed E-state index contributed by atoms with van der Waals surface area (Å²) in [4.78, 5) is 17.4. The Balaban J connectivity index is 1.90. The van der Waals surface area contributed by atoms with E-state index >= 15 is 0 Å². The van der Waals surface area contributed by atoms with Gasteiger partial charge in [-0.1, -0.05) is 36.4 Å². The van der Waals surface area contributed by atoms with Gasteiger partial charge >= 0.3 is 0 Å². The largest absolute Gasteiger partial charge is 0.493 e. The first kappa shape index (κ1) is 20.2. The van der Waals surface area contributed by atoms with Crippen molar-refractivity contribution in [3.63, 3.8) is 0 Å². The van der Waals surface area contributed by atoms with Crippen molar-refractivity contribution in [2.45, 2.75) is 12.3 Å². The number of nitrogens with zero attached hydrogens (tertiary/aromatic N) is 1. The van der Waals surface area contributed by atoms with Gasteiger partial charge in [-0.15, -0.1) is 0 Å². The minimum atomic E-state index is -0.375. The topological polar surface area (TPSA) is 69.7 Å². The van der Waals surface area contributed by atoms with Crippen LogP contribution in [0, 0.1) is 0 Å². The Morgan fingerprint density at radius 3 is 2.21 bits per heavy atom. The van der Waals surface area contributed by atoms with Gasteiger partial charge < -0.3 is 19.5 Å². The fraction of sp³-hybridized carbons (Fsp3) is 0.217. The van der Waals surface area contributed by atoms with Crippen LogP contribution in [0.25, 0.3) is 0 Å². The van der Waals surface area contributed by atoms with Gasteiger partial charge in [0.05, 0.1) is 27.2 Å². The Hall–Kier alpha value is -3.54.